The van der Waals surface area contributed by atoms with Crippen LogP contribution in [0.3, 0.4) is 0 Å². The van der Waals surface area contributed by atoms with Crippen molar-refractivity contribution in [1.82, 2.24) is 15.5 Å². The molecule has 9 heteroatoms. The number of carbonyl (C=O) groups excluding carboxylic acids is 3. The number of ether oxygens (including phenoxy) is 1. The van der Waals surface area contributed by atoms with Crippen LogP contribution >= 0.6 is 11.3 Å². The number of likely N-dealkylation sites (tertiary alicyclic amines) is 1. The lowest BCUT2D eigenvalue weighted by atomic mass is 10.0. The Bertz CT molecular complexity index is 996. The van der Waals surface area contributed by atoms with Gasteiger partial charge in [-0.1, -0.05) is 32.0 Å². The molecule has 1 saturated heterocycles. The van der Waals surface area contributed by atoms with Gasteiger partial charge in [0.25, 0.3) is 5.91 Å². The summed E-state index contributed by atoms with van der Waals surface area (Å²) >= 11 is 1.39. The van der Waals surface area contributed by atoms with Crippen molar-refractivity contribution in [2.45, 2.75) is 58.8 Å². The van der Waals surface area contributed by atoms with E-state index in [-0.39, 0.29) is 36.7 Å². The molecule has 3 N–H and O–H groups in total. The highest BCUT2D eigenvalue weighted by Gasteiger charge is 2.36. The number of hydrogen-bond acceptors (Lipinski definition) is 6. The van der Waals surface area contributed by atoms with Crippen LogP contribution in [0.2, 0.25) is 0 Å². The van der Waals surface area contributed by atoms with Crippen molar-refractivity contribution < 1.29 is 24.2 Å². The molecule has 0 bridgehead atoms. The highest BCUT2D eigenvalue weighted by molar-refractivity contribution is 7.20. The van der Waals surface area contributed by atoms with Gasteiger partial charge in [-0.15, -0.1) is 11.3 Å². The molecule has 1 aromatic heterocycles. The molecule has 0 radical (unpaired) electrons. The summed E-state index contributed by atoms with van der Waals surface area (Å²) in [5, 5.41) is 17.1. The van der Waals surface area contributed by atoms with Gasteiger partial charge in [-0.25, -0.2) is 4.79 Å². The largest absolute Gasteiger partial charge is 0.444 e. The Morgan fingerprint density at radius 2 is 1.91 bits per heavy atom. The Kier molecular flexibility index (Phi) is 8.20. The normalized spacial score (nSPS) is 19.3. The van der Waals surface area contributed by atoms with Crippen molar-refractivity contribution in [3.8, 4) is 0 Å². The van der Waals surface area contributed by atoms with Crippen LogP contribution < -0.4 is 10.6 Å². The summed E-state index contributed by atoms with van der Waals surface area (Å²) in [5.74, 6) is -0.697. The lowest BCUT2D eigenvalue weighted by Crippen LogP contribution is -2.49. The van der Waals surface area contributed by atoms with Gasteiger partial charge in [-0.2, -0.15) is 0 Å². The number of nitrogens with zero attached hydrogens (tertiary/aromatic N) is 1. The fourth-order valence-corrected chi connectivity index (χ4v) is 4.88. The van der Waals surface area contributed by atoms with E-state index in [4.69, 9.17) is 4.74 Å². The third kappa shape index (κ3) is 6.93. The van der Waals surface area contributed by atoms with E-state index >= 15 is 0 Å². The zero-order valence-corrected chi connectivity index (χ0v) is 21.3. The zero-order valence-electron chi connectivity index (χ0n) is 20.5. The van der Waals surface area contributed by atoms with Crippen LogP contribution in [0.1, 0.15) is 50.7 Å². The molecule has 0 unspecified atom stereocenters. The molecule has 34 heavy (non-hydrogen) atoms. The zero-order chi connectivity index (χ0) is 25.0. The first-order valence-electron chi connectivity index (χ1n) is 11.7. The highest BCUT2D eigenvalue weighted by atomic mass is 32.1. The molecule has 2 heterocycles. The molecule has 3 atom stereocenters. The summed E-state index contributed by atoms with van der Waals surface area (Å²) in [5.41, 5.74) is -0.620. The molecule has 8 nitrogen and oxygen atoms in total. The summed E-state index contributed by atoms with van der Waals surface area (Å²) in [4.78, 5) is 40.2. The Labute approximate surface area is 204 Å². The molecular weight excluding hydrogens is 454 g/mol. The number of carbonyl (C=O) groups is 3. The molecule has 1 aromatic carbocycles. The van der Waals surface area contributed by atoms with Crippen LogP contribution in [0.25, 0.3) is 10.1 Å². The number of β-amino-alcohol motifs (C(OH)–C–C–N with tert-alkyl or cyclic N) is 1. The third-order valence-corrected chi connectivity index (χ3v) is 6.69. The van der Waals surface area contributed by atoms with Crippen molar-refractivity contribution in [3.05, 3.63) is 35.2 Å². The van der Waals surface area contributed by atoms with E-state index in [1.165, 1.54) is 16.2 Å². The number of aliphatic hydroxyl groups is 1. The fourth-order valence-electron chi connectivity index (χ4n) is 3.91. The molecule has 186 valence electrons. The van der Waals surface area contributed by atoms with Crippen LogP contribution in [-0.4, -0.2) is 65.3 Å². The number of fused-ring (bicyclic) bond motifs is 1. The average Bonchev–Trinajstić information content (AvgIpc) is 3.33. The number of benzene rings is 1. The lowest BCUT2D eigenvalue weighted by molar-refractivity contribution is -0.123. The number of aliphatic hydroxyl groups excluding tert-OH is 1. The standard InChI is InChI=1S/C25H35N3O5S/c1-15(2)10-18(27-23(31)21-11-16-8-6-7-9-20(16)34-21)22(30)26-12-17-13-28(14-19(17)29)24(32)33-25(3,4)5/h6-9,11,15,17-19,29H,10,12-14H2,1-5H3,(H,26,30)(H,27,31)/t17-,18-,19+/m0/s1. The average molecular weight is 490 g/mol. The van der Waals surface area contributed by atoms with Gasteiger partial charge in [0.05, 0.1) is 17.5 Å². The van der Waals surface area contributed by atoms with Crippen LogP contribution in [0.4, 0.5) is 4.79 Å². The van der Waals surface area contributed by atoms with Crippen molar-refractivity contribution in [1.29, 1.82) is 0 Å². The maximum atomic E-state index is 13.0. The van der Waals surface area contributed by atoms with E-state index in [1.54, 1.807) is 20.8 Å². The van der Waals surface area contributed by atoms with Crippen LogP contribution in [-0.2, 0) is 9.53 Å². The lowest BCUT2D eigenvalue weighted by Gasteiger charge is -2.24. The van der Waals surface area contributed by atoms with Crippen molar-refractivity contribution in [3.63, 3.8) is 0 Å². The molecule has 1 aliphatic heterocycles. The summed E-state index contributed by atoms with van der Waals surface area (Å²) in [6.45, 7) is 10.0. The van der Waals surface area contributed by atoms with E-state index in [0.29, 0.717) is 17.8 Å². The van der Waals surface area contributed by atoms with E-state index in [1.807, 2.05) is 44.2 Å². The van der Waals surface area contributed by atoms with Crippen LogP contribution in [0.15, 0.2) is 30.3 Å². The summed E-state index contributed by atoms with van der Waals surface area (Å²) in [6.07, 6.45) is -0.752. The maximum absolute atomic E-state index is 13.0. The Hall–Kier alpha value is -2.65. The van der Waals surface area contributed by atoms with E-state index in [9.17, 15) is 19.5 Å². The van der Waals surface area contributed by atoms with Gasteiger partial charge < -0.3 is 25.4 Å². The van der Waals surface area contributed by atoms with Gasteiger partial charge in [0, 0.05) is 23.7 Å². The SMILES string of the molecule is CC(C)C[C@H](NC(=O)c1cc2ccccc2s1)C(=O)NC[C@H]1CN(C(=O)OC(C)(C)C)C[C@H]1O. The first-order chi connectivity index (χ1) is 15.9. The van der Waals surface area contributed by atoms with Gasteiger partial charge in [0.15, 0.2) is 0 Å². The minimum Gasteiger partial charge on any atom is -0.444 e. The van der Waals surface area contributed by atoms with Crippen LogP contribution in [0.5, 0.6) is 0 Å². The predicted molar refractivity (Wildman–Crippen MR) is 133 cm³/mol. The van der Waals surface area contributed by atoms with Crippen molar-refractivity contribution in [2.75, 3.05) is 19.6 Å². The molecule has 0 spiro atoms. The first-order valence-corrected chi connectivity index (χ1v) is 12.5. The predicted octanol–water partition coefficient (Wildman–Crippen LogP) is 3.39. The van der Waals surface area contributed by atoms with E-state index in [2.05, 4.69) is 10.6 Å². The van der Waals surface area contributed by atoms with Crippen molar-refractivity contribution >= 4 is 39.3 Å². The Morgan fingerprint density at radius 3 is 2.56 bits per heavy atom. The molecule has 0 aliphatic carbocycles. The topological polar surface area (TPSA) is 108 Å². The summed E-state index contributed by atoms with van der Waals surface area (Å²) in [7, 11) is 0. The van der Waals surface area contributed by atoms with Gasteiger partial charge >= 0.3 is 6.09 Å². The fraction of sp³-hybridized carbons (Fsp3) is 0.560. The van der Waals surface area contributed by atoms with Gasteiger partial charge in [-0.05, 0) is 50.6 Å². The Balaban J connectivity index is 1.58. The Morgan fingerprint density at radius 1 is 1.21 bits per heavy atom. The number of thiophene rings is 1. The second-order valence-corrected chi connectivity index (χ2v) is 11.3. The molecule has 1 fully saturated rings. The quantitative estimate of drug-likeness (QED) is 0.553. The molecular formula is C25H35N3O5S. The molecule has 1 aliphatic rings. The van der Waals surface area contributed by atoms with Gasteiger partial charge in [0.2, 0.25) is 5.91 Å². The third-order valence-electron chi connectivity index (χ3n) is 5.57. The minimum absolute atomic E-state index is 0.160. The smallest absolute Gasteiger partial charge is 0.410 e. The molecule has 3 rings (SSSR count). The molecule has 3 amide bonds. The minimum atomic E-state index is -0.760. The van der Waals surface area contributed by atoms with E-state index in [0.717, 1.165) is 10.1 Å². The second kappa shape index (κ2) is 10.7. The van der Waals surface area contributed by atoms with Crippen molar-refractivity contribution in [2.24, 2.45) is 11.8 Å². The number of rotatable bonds is 7. The molecule has 0 saturated carbocycles. The number of hydrogen-bond donors (Lipinski definition) is 3. The van der Waals surface area contributed by atoms with E-state index < -0.39 is 23.8 Å². The van der Waals surface area contributed by atoms with Gasteiger partial charge in [0.1, 0.15) is 11.6 Å². The monoisotopic (exact) mass is 489 g/mol. The molecule has 2 aromatic rings. The number of nitrogens with one attached hydrogen (secondary N) is 2. The van der Waals surface area contributed by atoms with Gasteiger partial charge in [-0.3, -0.25) is 9.59 Å². The maximum Gasteiger partial charge on any atom is 0.410 e. The second-order valence-electron chi connectivity index (χ2n) is 10.3. The first kappa shape index (κ1) is 26.0. The highest BCUT2D eigenvalue weighted by Crippen LogP contribution is 2.25. The number of amides is 3. The summed E-state index contributed by atoms with van der Waals surface area (Å²) < 4.78 is 6.39. The van der Waals surface area contributed by atoms with Crippen LogP contribution in [0, 0.1) is 11.8 Å². The summed E-state index contributed by atoms with van der Waals surface area (Å²) in [6, 6.07) is 8.90.